The maximum Gasteiger partial charge on any atom is 0.217 e. The largest absolute Gasteiger partial charge is 0.352 e. The fraction of sp³-hybridized carbons (Fsp3) is 0.364. The van der Waals surface area contributed by atoms with E-state index in [-0.39, 0.29) is 11.9 Å². The Morgan fingerprint density at radius 3 is 2.43 bits per heavy atom. The summed E-state index contributed by atoms with van der Waals surface area (Å²) in [5, 5.41) is 2.74. The van der Waals surface area contributed by atoms with Crippen LogP contribution in [0.25, 0.3) is 0 Å². The highest BCUT2D eigenvalue weighted by atomic mass is 16.1. The van der Waals surface area contributed by atoms with Crippen LogP contribution >= 0.6 is 0 Å². The molecule has 0 aromatic heterocycles. The van der Waals surface area contributed by atoms with Gasteiger partial charge in [-0.1, -0.05) is 24.3 Å². The molecular weight excluding hydrogens is 176 g/mol. The van der Waals surface area contributed by atoms with E-state index in [0.717, 1.165) is 11.1 Å². The van der Waals surface area contributed by atoms with Gasteiger partial charge >= 0.3 is 0 Å². The molecule has 0 saturated heterocycles. The van der Waals surface area contributed by atoms with E-state index in [0.29, 0.717) is 6.54 Å². The molecule has 3 heteroatoms. The van der Waals surface area contributed by atoms with Crippen molar-refractivity contribution in [2.45, 2.75) is 26.4 Å². The SMILES string of the molecule is CC(=O)NCc1ccc(C(C)N)cc1. The van der Waals surface area contributed by atoms with Crippen LogP contribution in [0.3, 0.4) is 0 Å². The molecule has 0 aliphatic rings. The highest BCUT2D eigenvalue weighted by molar-refractivity contribution is 5.72. The zero-order chi connectivity index (χ0) is 10.6. The van der Waals surface area contributed by atoms with Crippen LogP contribution in [0, 0.1) is 0 Å². The van der Waals surface area contributed by atoms with Gasteiger partial charge in [-0.3, -0.25) is 4.79 Å². The molecule has 0 aliphatic heterocycles. The van der Waals surface area contributed by atoms with Crippen LogP contribution in [-0.2, 0) is 11.3 Å². The summed E-state index contributed by atoms with van der Waals surface area (Å²) in [6.07, 6.45) is 0. The van der Waals surface area contributed by atoms with E-state index in [2.05, 4.69) is 5.32 Å². The molecule has 76 valence electrons. The van der Waals surface area contributed by atoms with E-state index < -0.39 is 0 Å². The highest BCUT2D eigenvalue weighted by Gasteiger charge is 1.99. The summed E-state index contributed by atoms with van der Waals surface area (Å²) in [7, 11) is 0. The predicted molar refractivity (Wildman–Crippen MR) is 56.6 cm³/mol. The zero-order valence-electron chi connectivity index (χ0n) is 8.58. The van der Waals surface area contributed by atoms with Crippen molar-refractivity contribution >= 4 is 5.91 Å². The Morgan fingerprint density at radius 2 is 2.00 bits per heavy atom. The first-order chi connectivity index (χ1) is 6.59. The first-order valence-electron chi connectivity index (χ1n) is 4.68. The third-order valence-electron chi connectivity index (χ3n) is 2.05. The topological polar surface area (TPSA) is 55.1 Å². The van der Waals surface area contributed by atoms with Crippen molar-refractivity contribution in [3.8, 4) is 0 Å². The van der Waals surface area contributed by atoms with Crippen LogP contribution in [0.5, 0.6) is 0 Å². The number of benzene rings is 1. The minimum absolute atomic E-state index is 0.0127. The van der Waals surface area contributed by atoms with Crippen LogP contribution in [0.15, 0.2) is 24.3 Å². The summed E-state index contributed by atoms with van der Waals surface area (Å²) < 4.78 is 0. The summed E-state index contributed by atoms with van der Waals surface area (Å²) >= 11 is 0. The molecule has 0 radical (unpaired) electrons. The van der Waals surface area contributed by atoms with Crippen molar-refractivity contribution in [3.63, 3.8) is 0 Å². The van der Waals surface area contributed by atoms with Gasteiger partial charge in [-0.05, 0) is 18.1 Å². The van der Waals surface area contributed by atoms with Crippen molar-refractivity contribution < 1.29 is 4.79 Å². The summed E-state index contributed by atoms with van der Waals surface area (Å²) in [6, 6.07) is 8.00. The third-order valence-corrected chi connectivity index (χ3v) is 2.05. The van der Waals surface area contributed by atoms with Crippen LogP contribution in [0.4, 0.5) is 0 Å². The molecule has 0 heterocycles. The zero-order valence-corrected chi connectivity index (χ0v) is 8.58. The summed E-state index contributed by atoms with van der Waals surface area (Å²) in [6.45, 7) is 4.04. The molecule has 0 aliphatic carbocycles. The number of rotatable bonds is 3. The molecule has 1 amide bonds. The van der Waals surface area contributed by atoms with Gasteiger partial charge in [0.2, 0.25) is 5.91 Å². The van der Waals surface area contributed by atoms with Gasteiger partial charge in [-0.25, -0.2) is 0 Å². The Bertz CT molecular complexity index is 304. The van der Waals surface area contributed by atoms with Gasteiger partial charge < -0.3 is 11.1 Å². The van der Waals surface area contributed by atoms with Gasteiger partial charge in [0.05, 0.1) is 0 Å². The Labute approximate surface area is 84.3 Å². The van der Waals surface area contributed by atoms with E-state index in [4.69, 9.17) is 5.73 Å². The smallest absolute Gasteiger partial charge is 0.217 e. The van der Waals surface area contributed by atoms with E-state index >= 15 is 0 Å². The summed E-state index contributed by atoms with van der Waals surface area (Å²) in [5.41, 5.74) is 7.91. The third kappa shape index (κ3) is 3.18. The normalized spacial score (nSPS) is 12.2. The quantitative estimate of drug-likeness (QED) is 0.759. The lowest BCUT2D eigenvalue weighted by molar-refractivity contribution is -0.119. The fourth-order valence-electron chi connectivity index (χ4n) is 1.17. The molecule has 14 heavy (non-hydrogen) atoms. The Morgan fingerprint density at radius 1 is 1.43 bits per heavy atom. The number of hydrogen-bond donors (Lipinski definition) is 2. The van der Waals surface area contributed by atoms with Gasteiger partial charge in [0.1, 0.15) is 0 Å². The molecule has 1 atom stereocenters. The predicted octanol–water partition coefficient (Wildman–Crippen LogP) is 1.34. The lowest BCUT2D eigenvalue weighted by Crippen LogP contribution is -2.18. The minimum atomic E-state index is -0.0127. The van der Waals surface area contributed by atoms with E-state index in [9.17, 15) is 4.79 Å². The van der Waals surface area contributed by atoms with Crippen molar-refractivity contribution in [2.75, 3.05) is 0 Å². The average molecular weight is 192 g/mol. The van der Waals surface area contributed by atoms with Gasteiger partial charge in [0.25, 0.3) is 0 Å². The van der Waals surface area contributed by atoms with E-state index in [1.807, 2.05) is 31.2 Å². The Balaban J connectivity index is 2.59. The van der Waals surface area contributed by atoms with Gasteiger partial charge in [-0.15, -0.1) is 0 Å². The van der Waals surface area contributed by atoms with Crippen LogP contribution < -0.4 is 11.1 Å². The molecule has 0 saturated carbocycles. The van der Waals surface area contributed by atoms with E-state index in [1.165, 1.54) is 6.92 Å². The number of carbonyl (C=O) groups excluding carboxylic acids is 1. The fourth-order valence-corrected chi connectivity index (χ4v) is 1.17. The molecule has 0 fully saturated rings. The second-order valence-corrected chi connectivity index (χ2v) is 3.44. The molecule has 1 rings (SSSR count). The molecule has 1 aromatic rings. The van der Waals surface area contributed by atoms with E-state index in [1.54, 1.807) is 0 Å². The van der Waals surface area contributed by atoms with Crippen molar-refractivity contribution in [3.05, 3.63) is 35.4 Å². The van der Waals surface area contributed by atoms with Gasteiger partial charge in [-0.2, -0.15) is 0 Å². The minimum Gasteiger partial charge on any atom is -0.352 e. The second-order valence-electron chi connectivity index (χ2n) is 3.44. The summed E-state index contributed by atoms with van der Waals surface area (Å²) in [4.78, 5) is 10.7. The Kier molecular flexibility index (Phi) is 3.65. The average Bonchev–Trinajstić information content (AvgIpc) is 2.15. The number of amides is 1. The van der Waals surface area contributed by atoms with Gasteiger partial charge in [0, 0.05) is 19.5 Å². The number of nitrogens with one attached hydrogen (secondary N) is 1. The monoisotopic (exact) mass is 192 g/mol. The lowest BCUT2D eigenvalue weighted by Gasteiger charge is -2.07. The first kappa shape index (κ1) is 10.7. The van der Waals surface area contributed by atoms with Gasteiger partial charge in [0.15, 0.2) is 0 Å². The molecule has 0 spiro atoms. The maximum absolute atomic E-state index is 10.7. The van der Waals surface area contributed by atoms with Crippen molar-refractivity contribution in [1.82, 2.24) is 5.32 Å². The van der Waals surface area contributed by atoms with Crippen molar-refractivity contribution in [2.24, 2.45) is 5.73 Å². The molecule has 3 nitrogen and oxygen atoms in total. The number of carbonyl (C=O) groups is 1. The molecule has 1 aromatic carbocycles. The second kappa shape index (κ2) is 4.77. The first-order valence-corrected chi connectivity index (χ1v) is 4.68. The number of hydrogen-bond acceptors (Lipinski definition) is 2. The van der Waals surface area contributed by atoms with Crippen LogP contribution in [0.2, 0.25) is 0 Å². The van der Waals surface area contributed by atoms with Crippen LogP contribution in [0.1, 0.15) is 31.0 Å². The maximum atomic E-state index is 10.7. The molecule has 0 bridgehead atoms. The number of nitrogens with two attached hydrogens (primary N) is 1. The van der Waals surface area contributed by atoms with Crippen LogP contribution in [-0.4, -0.2) is 5.91 Å². The Hall–Kier alpha value is -1.35. The molecular formula is C11H16N2O. The lowest BCUT2D eigenvalue weighted by atomic mass is 10.1. The highest BCUT2D eigenvalue weighted by Crippen LogP contribution is 2.10. The summed E-state index contributed by atoms with van der Waals surface area (Å²) in [5.74, 6) is -0.0127. The molecule has 1 unspecified atom stereocenters. The standard InChI is InChI=1S/C11H16N2O/c1-8(12)11-5-3-10(4-6-11)7-13-9(2)14/h3-6,8H,7,12H2,1-2H3,(H,13,14). The molecule has 3 N–H and O–H groups in total. The van der Waals surface area contributed by atoms with Crippen molar-refractivity contribution in [1.29, 1.82) is 0 Å².